The van der Waals surface area contributed by atoms with Gasteiger partial charge in [-0.05, 0) is 92.5 Å². The molecule has 0 N–H and O–H groups in total. The second-order valence-electron chi connectivity index (χ2n) is 23.7. The largest absolute Gasteiger partial charge is 0.455 e. The van der Waals surface area contributed by atoms with Crippen LogP contribution in [-0.2, 0) is 0 Å². The molecule has 5 aromatic heterocycles. The third-order valence-corrected chi connectivity index (χ3v) is 18.2. The number of hydrogen-bond acceptors (Lipinski definition) is 6. The quantitative estimate of drug-likeness (QED) is 0.128. The lowest BCUT2D eigenvalue weighted by Gasteiger charge is -2.12. The first-order valence-electron chi connectivity index (χ1n) is 31.4. The van der Waals surface area contributed by atoms with Crippen molar-refractivity contribution in [2.24, 2.45) is 0 Å². The van der Waals surface area contributed by atoms with Gasteiger partial charge < -0.3 is 13.3 Å². The smallest absolute Gasteiger partial charge is 0.160 e. The van der Waals surface area contributed by atoms with Crippen LogP contribution in [0.15, 0.2) is 335 Å². The Morgan fingerprint density at radius 2 is 0.548 bits per heavy atom. The monoisotopic (exact) mass is 1190 g/mol. The highest BCUT2D eigenvalue weighted by Gasteiger charge is 2.21. The van der Waals surface area contributed by atoms with E-state index in [0.29, 0.717) is 5.82 Å². The van der Waals surface area contributed by atoms with Crippen LogP contribution in [0.1, 0.15) is 0 Å². The van der Waals surface area contributed by atoms with Crippen molar-refractivity contribution in [2.75, 3.05) is 0 Å². The van der Waals surface area contributed by atoms with E-state index in [1.165, 1.54) is 0 Å². The van der Waals surface area contributed by atoms with E-state index in [2.05, 4.69) is 267 Å². The van der Waals surface area contributed by atoms with Gasteiger partial charge in [0, 0.05) is 76.8 Å². The minimum atomic E-state index is 0.700. The zero-order valence-electron chi connectivity index (χ0n) is 50.2. The maximum absolute atomic E-state index is 6.89. The fourth-order valence-corrected chi connectivity index (χ4v) is 13.5. The molecule has 6 heteroatoms. The summed E-state index contributed by atoms with van der Waals surface area (Å²) in [7, 11) is 0. The number of pyridine rings is 1. The second-order valence-corrected chi connectivity index (χ2v) is 23.7. The van der Waals surface area contributed by atoms with E-state index in [4.69, 9.17) is 28.2 Å². The molecule has 93 heavy (non-hydrogen) atoms. The number of hydrogen-bond donors (Lipinski definition) is 0. The number of furan rings is 3. The molecule has 0 unspecified atom stereocenters. The van der Waals surface area contributed by atoms with Crippen LogP contribution in [0.4, 0.5) is 0 Å². The molecule has 0 fully saturated rings. The molecule has 0 aliphatic carbocycles. The topological polar surface area (TPSA) is 78.1 Å². The van der Waals surface area contributed by atoms with Gasteiger partial charge in [0.1, 0.15) is 33.5 Å². The number of benzene rings is 13. The van der Waals surface area contributed by atoms with Gasteiger partial charge in [0.05, 0.1) is 22.8 Å². The van der Waals surface area contributed by atoms with E-state index >= 15 is 0 Å². The molecule has 18 rings (SSSR count). The average molecular weight is 1190 g/mol. The van der Waals surface area contributed by atoms with Gasteiger partial charge in [-0.25, -0.2) is 15.0 Å². The lowest BCUT2D eigenvalue weighted by atomic mass is 9.95. The Balaban J connectivity index is 0.628. The summed E-state index contributed by atoms with van der Waals surface area (Å²) < 4.78 is 20.1. The van der Waals surface area contributed by atoms with E-state index in [-0.39, 0.29) is 0 Å². The molecule has 0 saturated heterocycles. The van der Waals surface area contributed by atoms with Crippen LogP contribution in [-0.4, -0.2) is 15.0 Å². The summed E-state index contributed by atoms with van der Waals surface area (Å²) in [6.07, 6.45) is 0. The van der Waals surface area contributed by atoms with Crippen LogP contribution in [0, 0.1) is 0 Å². The van der Waals surface area contributed by atoms with Crippen molar-refractivity contribution in [1.29, 1.82) is 0 Å². The standard InChI is InChI=1S/C87H53N3O3/c1-4-16-60(17-5-1)76-51-66(57-34-42-59(43-35-57)68-24-12-25-70-69-22-10-11-30-80(69)91-84(68)70)52-77(88-76)62-46-38-56(39-47-62)65-48-49-81-75(50-65)73-28-13-26-71(85(73)92-81)72-27-14-29-74-83-67(23-15-31-82(83)93-86(72)74)58-40-32-54(33-41-58)55-36-44-63(45-37-55)79-53-78(61-18-6-2-7-19-61)89-87(90-79)64-20-8-3-9-21-64/h1-53H. The lowest BCUT2D eigenvalue weighted by Crippen LogP contribution is -1.95. The molecule has 0 aliphatic heterocycles. The average Bonchev–Trinajstić information content (AvgIpc) is 2.36. The predicted molar refractivity (Wildman–Crippen MR) is 381 cm³/mol. The van der Waals surface area contributed by atoms with Gasteiger partial charge in [-0.2, -0.15) is 0 Å². The maximum atomic E-state index is 6.89. The van der Waals surface area contributed by atoms with Crippen molar-refractivity contribution >= 4 is 65.8 Å². The number of aromatic nitrogens is 3. The summed E-state index contributed by atoms with van der Waals surface area (Å²) in [5.74, 6) is 0.700. The van der Waals surface area contributed by atoms with Gasteiger partial charge in [0.25, 0.3) is 0 Å². The highest BCUT2D eigenvalue weighted by Crippen LogP contribution is 2.45. The summed E-state index contributed by atoms with van der Waals surface area (Å²) >= 11 is 0. The Morgan fingerprint density at radius 1 is 0.183 bits per heavy atom. The van der Waals surface area contributed by atoms with E-state index in [1.54, 1.807) is 0 Å². The van der Waals surface area contributed by atoms with Crippen LogP contribution in [0.5, 0.6) is 0 Å². The molecular weight excluding hydrogens is 1130 g/mol. The van der Waals surface area contributed by atoms with E-state index < -0.39 is 0 Å². The number of para-hydroxylation sites is 4. The Labute approximate surface area is 535 Å². The van der Waals surface area contributed by atoms with Crippen LogP contribution >= 0.6 is 0 Å². The molecule has 0 bridgehead atoms. The highest BCUT2D eigenvalue weighted by molar-refractivity contribution is 6.18. The molecule has 0 aliphatic rings. The SMILES string of the molecule is c1ccc(-c2cc(-c3ccc(-c4cccc5c4oc4ccccc45)cc3)cc(-c3ccc(-c4ccc5oc6c(-c7cccc8c7oc7cccc(-c9ccc(-c%10ccc(-c%11cc(-c%12ccccc%12)nc(-c%12ccccc%12)n%11)cc%10)cc9)c78)cccc6c5c4)cc3)n2)cc1. The molecule has 5 heterocycles. The van der Waals surface area contributed by atoms with Crippen LogP contribution in [0.2, 0.25) is 0 Å². The van der Waals surface area contributed by atoms with Crippen molar-refractivity contribution in [3.8, 4) is 123 Å². The van der Waals surface area contributed by atoms with Crippen molar-refractivity contribution in [3.05, 3.63) is 322 Å². The maximum Gasteiger partial charge on any atom is 0.160 e. The van der Waals surface area contributed by atoms with Crippen LogP contribution < -0.4 is 0 Å². The molecule has 434 valence electrons. The first-order valence-corrected chi connectivity index (χ1v) is 31.4. The third-order valence-electron chi connectivity index (χ3n) is 18.2. The lowest BCUT2D eigenvalue weighted by molar-refractivity contribution is 0.665. The normalized spacial score (nSPS) is 11.7. The summed E-state index contributed by atoms with van der Waals surface area (Å²) in [5.41, 5.74) is 26.8. The second kappa shape index (κ2) is 22.2. The van der Waals surface area contributed by atoms with E-state index in [1.807, 2.05) is 54.6 Å². The molecular formula is C87H53N3O3. The first kappa shape index (κ1) is 53.5. The summed E-state index contributed by atoms with van der Waals surface area (Å²) in [6, 6.07) is 113. The van der Waals surface area contributed by atoms with Crippen LogP contribution in [0.3, 0.4) is 0 Å². The fraction of sp³-hybridized carbons (Fsp3) is 0. The first-order chi connectivity index (χ1) is 46.0. The van der Waals surface area contributed by atoms with Gasteiger partial charge in [-0.15, -0.1) is 0 Å². The summed E-state index contributed by atoms with van der Waals surface area (Å²) in [6.45, 7) is 0. The van der Waals surface area contributed by atoms with Gasteiger partial charge in [-0.3, -0.25) is 0 Å². The van der Waals surface area contributed by atoms with Crippen molar-refractivity contribution in [3.63, 3.8) is 0 Å². The molecule has 0 amide bonds. The fourth-order valence-electron chi connectivity index (χ4n) is 13.5. The van der Waals surface area contributed by atoms with Gasteiger partial charge in [0.15, 0.2) is 5.82 Å². The summed E-state index contributed by atoms with van der Waals surface area (Å²) in [5, 5.41) is 6.47. The zero-order valence-corrected chi connectivity index (χ0v) is 50.2. The van der Waals surface area contributed by atoms with Crippen LogP contribution in [0.25, 0.3) is 189 Å². The molecule has 0 radical (unpaired) electrons. The number of nitrogens with zero attached hydrogens (tertiary/aromatic N) is 3. The van der Waals surface area contributed by atoms with Gasteiger partial charge in [0.2, 0.25) is 0 Å². The molecule has 0 atom stereocenters. The Hall–Kier alpha value is -12.5. The predicted octanol–water partition coefficient (Wildman–Crippen LogP) is 23.9. The van der Waals surface area contributed by atoms with Crippen molar-refractivity contribution < 1.29 is 13.3 Å². The Morgan fingerprint density at radius 3 is 1.15 bits per heavy atom. The minimum Gasteiger partial charge on any atom is -0.455 e. The van der Waals surface area contributed by atoms with E-state index in [9.17, 15) is 0 Å². The number of fused-ring (bicyclic) bond motifs is 9. The Bertz CT molecular complexity index is 5820. The molecule has 6 nitrogen and oxygen atoms in total. The van der Waals surface area contributed by atoms with Gasteiger partial charge in [-0.1, -0.05) is 279 Å². The molecule has 0 spiro atoms. The molecule has 13 aromatic carbocycles. The highest BCUT2D eigenvalue weighted by atomic mass is 16.3. The van der Waals surface area contributed by atoms with Crippen molar-refractivity contribution in [2.45, 2.75) is 0 Å². The zero-order chi connectivity index (χ0) is 61.3. The third kappa shape index (κ3) is 9.56. The molecule has 18 aromatic rings. The molecule has 0 saturated carbocycles. The Kier molecular flexibility index (Phi) is 12.8. The minimum absolute atomic E-state index is 0.700. The van der Waals surface area contributed by atoms with Gasteiger partial charge >= 0.3 is 0 Å². The summed E-state index contributed by atoms with van der Waals surface area (Å²) in [4.78, 5) is 15.3. The number of rotatable bonds is 11. The van der Waals surface area contributed by atoms with Crippen molar-refractivity contribution in [1.82, 2.24) is 15.0 Å². The van der Waals surface area contributed by atoms with E-state index in [0.717, 1.165) is 183 Å².